The Labute approximate surface area is 135 Å². The molecule has 0 atom stereocenters. The number of pyridine rings is 1. The number of hydrogen-bond donors (Lipinski definition) is 1. The van der Waals surface area contributed by atoms with Crippen LogP contribution in [-0.2, 0) is 10.0 Å². The molecule has 0 amide bonds. The summed E-state index contributed by atoms with van der Waals surface area (Å²) >= 11 is 3.19. The summed E-state index contributed by atoms with van der Waals surface area (Å²) < 4.78 is 54.0. The molecule has 2 rings (SSSR count). The van der Waals surface area contributed by atoms with E-state index in [4.69, 9.17) is 0 Å². The summed E-state index contributed by atoms with van der Waals surface area (Å²) in [7, 11) is -0.839. The van der Waals surface area contributed by atoms with E-state index in [1.807, 2.05) is 0 Å². The Morgan fingerprint density at radius 1 is 1.23 bits per heavy atom. The second-order valence-electron chi connectivity index (χ2n) is 4.60. The van der Waals surface area contributed by atoms with Crippen LogP contribution in [0.15, 0.2) is 39.8 Å². The predicted octanol–water partition coefficient (Wildman–Crippen LogP) is 2.99. The van der Waals surface area contributed by atoms with Crippen LogP contribution in [0.2, 0.25) is 0 Å². The third-order valence-corrected chi connectivity index (χ3v) is 4.52. The average molecular weight is 392 g/mol. The van der Waals surface area contributed by atoms with E-state index in [0.29, 0.717) is 16.4 Å². The number of benzene rings is 1. The molecule has 0 saturated heterocycles. The van der Waals surface area contributed by atoms with Crippen LogP contribution in [0.4, 0.5) is 20.3 Å². The number of nitrogens with zero attached hydrogens (tertiary/aromatic N) is 2. The Morgan fingerprint density at radius 2 is 1.91 bits per heavy atom. The van der Waals surface area contributed by atoms with Gasteiger partial charge in [-0.15, -0.1) is 0 Å². The second-order valence-corrected chi connectivity index (χ2v) is 7.17. The zero-order valence-corrected chi connectivity index (χ0v) is 14.0. The first kappa shape index (κ1) is 16.6. The monoisotopic (exact) mass is 391 g/mol. The van der Waals surface area contributed by atoms with Gasteiger partial charge >= 0.3 is 0 Å². The lowest BCUT2D eigenvalue weighted by atomic mass is 10.3. The topological polar surface area (TPSA) is 62.3 Å². The van der Waals surface area contributed by atoms with E-state index in [1.54, 1.807) is 19.0 Å². The molecule has 0 aliphatic heterocycles. The molecule has 0 radical (unpaired) electrons. The summed E-state index contributed by atoms with van der Waals surface area (Å²) in [5.74, 6) is -1.66. The number of nitrogens with one attached hydrogen (secondary N) is 1. The number of rotatable bonds is 4. The molecule has 1 N–H and O–H groups in total. The van der Waals surface area contributed by atoms with Crippen LogP contribution in [0.5, 0.6) is 0 Å². The molecule has 0 saturated carbocycles. The van der Waals surface area contributed by atoms with Crippen molar-refractivity contribution in [1.82, 2.24) is 4.98 Å². The summed E-state index contributed by atoms with van der Waals surface area (Å²) in [5.41, 5.74) is 0.170. The van der Waals surface area contributed by atoms with Crippen molar-refractivity contribution < 1.29 is 17.2 Å². The zero-order chi connectivity index (χ0) is 16.5. The van der Waals surface area contributed by atoms with Gasteiger partial charge < -0.3 is 4.90 Å². The Kier molecular flexibility index (Phi) is 4.66. The third-order valence-electron chi connectivity index (χ3n) is 2.68. The second kappa shape index (κ2) is 6.17. The lowest BCUT2D eigenvalue weighted by Gasteiger charge is -2.17. The molecule has 5 nitrogen and oxygen atoms in total. The minimum Gasteiger partial charge on any atom is -0.361 e. The van der Waals surface area contributed by atoms with Gasteiger partial charge in [-0.2, -0.15) is 0 Å². The predicted molar refractivity (Wildman–Crippen MR) is 83.4 cm³/mol. The Morgan fingerprint density at radius 3 is 2.50 bits per heavy atom. The number of aromatic nitrogens is 1. The van der Waals surface area contributed by atoms with Crippen molar-refractivity contribution in [2.45, 2.75) is 4.90 Å². The zero-order valence-electron chi connectivity index (χ0n) is 11.6. The van der Waals surface area contributed by atoms with E-state index in [9.17, 15) is 17.2 Å². The SMILES string of the molecule is CN(C)c1ncc(Br)cc1NS(=O)(=O)c1ccc(F)cc1F. The van der Waals surface area contributed by atoms with Crippen molar-refractivity contribution in [3.63, 3.8) is 0 Å². The number of halogens is 3. The van der Waals surface area contributed by atoms with Crippen LogP contribution < -0.4 is 9.62 Å². The first-order valence-corrected chi connectivity index (χ1v) is 8.29. The highest BCUT2D eigenvalue weighted by atomic mass is 79.9. The normalized spacial score (nSPS) is 11.3. The summed E-state index contributed by atoms with van der Waals surface area (Å²) in [6.07, 6.45) is 1.51. The minimum atomic E-state index is -4.21. The van der Waals surface area contributed by atoms with Gasteiger partial charge in [-0.05, 0) is 34.1 Å². The lowest BCUT2D eigenvalue weighted by Crippen LogP contribution is -2.19. The van der Waals surface area contributed by atoms with Crippen molar-refractivity contribution >= 4 is 37.5 Å². The molecule has 2 aromatic rings. The fourth-order valence-electron chi connectivity index (χ4n) is 1.76. The fourth-order valence-corrected chi connectivity index (χ4v) is 3.20. The lowest BCUT2D eigenvalue weighted by molar-refractivity contribution is 0.551. The molecule has 0 aliphatic carbocycles. The van der Waals surface area contributed by atoms with E-state index in [0.717, 1.165) is 12.1 Å². The van der Waals surface area contributed by atoms with Crippen molar-refractivity contribution in [2.75, 3.05) is 23.7 Å². The van der Waals surface area contributed by atoms with E-state index >= 15 is 0 Å². The van der Waals surface area contributed by atoms with Gasteiger partial charge in [0.05, 0.1) is 5.69 Å². The first-order valence-electron chi connectivity index (χ1n) is 6.01. The highest BCUT2D eigenvalue weighted by molar-refractivity contribution is 9.10. The van der Waals surface area contributed by atoms with Gasteiger partial charge in [0.25, 0.3) is 10.0 Å². The highest BCUT2D eigenvalue weighted by Crippen LogP contribution is 2.28. The van der Waals surface area contributed by atoms with Crippen LogP contribution in [0.25, 0.3) is 0 Å². The van der Waals surface area contributed by atoms with Gasteiger partial charge in [0, 0.05) is 30.8 Å². The summed E-state index contributed by atoms with van der Waals surface area (Å²) in [4.78, 5) is 5.05. The molecular formula is C13H12BrF2N3O2S. The standard InChI is InChI=1S/C13H12BrF2N3O2S/c1-19(2)13-11(5-8(14)7-17-13)18-22(20,21)12-4-3-9(15)6-10(12)16/h3-7,18H,1-2H3. The molecule has 22 heavy (non-hydrogen) atoms. The van der Waals surface area contributed by atoms with Crippen molar-refractivity contribution in [3.8, 4) is 0 Å². The molecule has 0 unspecified atom stereocenters. The maximum absolute atomic E-state index is 13.7. The molecule has 0 fully saturated rings. The summed E-state index contributed by atoms with van der Waals surface area (Å²) in [5, 5.41) is 0. The number of anilines is 2. The van der Waals surface area contributed by atoms with Gasteiger partial charge in [0.1, 0.15) is 16.5 Å². The van der Waals surface area contributed by atoms with E-state index in [2.05, 4.69) is 25.6 Å². The van der Waals surface area contributed by atoms with Crippen molar-refractivity contribution in [3.05, 3.63) is 46.6 Å². The molecule has 1 aromatic heterocycles. The fraction of sp³-hybridized carbons (Fsp3) is 0.154. The van der Waals surface area contributed by atoms with Gasteiger partial charge in [0.15, 0.2) is 5.82 Å². The summed E-state index contributed by atoms with van der Waals surface area (Å²) in [6.45, 7) is 0. The maximum Gasteiger partial charge on any atom is 0.264 e. The van der Waals surface area contributed by atoms with Crippen LogP contribution in [0.3, 0.4) is 0 Å². The number of hydrogen-bond acceptors (Lipinski definition) is 4. The van der Waals surface area contributed by atoms with E-state index < -0.39 is 26.6 Å². The Hall–Kier alpha value is -1.74. The molecule has 1 heterocycles. The molecule has 0 aliphatic rings. The molecule has 118 valence electrons. The van der Waals surface area contributed by atoms with Crippen LogP contribution >= 0.6 is 15.9 Å². The third kappa shape index (κ3) is 3.53. The average Bonchev–Trinajstić information content (AvgIpc) is 2.37. The van der Waals surface area contributed by atoms with Crippen molar-refractivity contribution in [2.24, 2.45) is 0 Å². The molecule has 0 spiro atoms. The smallest absolute Gasteiger partial charge is 0.264 e. The minimum absolute atomic E-state index is 0.170. The molecular weight excluding hydrogens is 380 g/mol. The van der Waals surface area contributed by atoms with Crippen molar-refractivity contribution in [1.29, 1.82) is 0 Å². The molecule has 0 bridgehead atoms. The van der Waals surface area contributed by atoms with Crippen LogP contribution in [-0.4, -0.2) is 27.5 Å². The number of sulfonamides is 1. The largest absolute Gasteiger partial charge is 0.361 e. The molecule has 1 aromatic carbocycles. The van der Waals surface area contributed by atoms with E-state index in [1.165, 1.54) is 12.3 Å². The maximum atomic E-state index is 13.7. The quantitative estimate of drug-likeness (QED) is 0.869. The van der Waals surface area contributed by atoms with Crippen LogP contribution in [0, 0.1) is 11.6 Å². The van der Waals surface area contributed by atoms with Gasteiger partial charge in [0.2, 0.25) is 0 Å². The van der Waals surface area contributed by atoms with Gasteiger partial charge in [-0.1, -0.05) is 0 Å². The Bertz CT molecular complexity index is 813. The highest BCUT2D eigenvalue weighted by Gasteiger charge is 2.22. The molecule has 9 heteroatoms. The first-order chi connectivity index (χ1) is 10.2. The van der Waals surface area contributed by atoms with Gasteiger partial charge in [-0.25, -0.2) is 22.2 Å². The Balaban J connectivity index is 2.47. The van der Waals surface area contributed by atoms with E-state index in [-0.39, 0.29) is 5.69 Å². The summed E-state index contributed by atoms with van der Waals surface area (Å²) in [6, 6.07) is 3.76. The van der Waals surface area contributed by atoms with Gasteiger partial charge in [-0.3, -0.25) is 4.72 Å². The van der Waals surface area contributed by atoms with Crippen LogP contribution in [0.1, 0.15) is 0 Å².